The van der Waals surface area contributed by atoms with Crippen molar-refractivity contribution >= 4 is 23.4 Å². The summed E-state index contributed by atoms with van der Waals surface area (Å²) in [5.74, 6) is 1.22. The summed E-state index contributed by atoms with van der Waals surface area (Å²) in [6, 6.07) is 12.2. The highest BCUT2D eigenvalue weighted by atomic mass is 16.5. The minimum atomic E-state index is -0.890. The number of unbranched alkanes of at least 4 members (excludes halogenated alkanes) is 1. The summed E-state index contributed by atoms with van der Waals surface area (Å²) in [5.41, 5.74) is 0.865. The SMILES string of the molecule is CCCCN1C(=O)[C@@H]([C@H](O)C2CC=CC2)NC(=O)C12CCN(Cc1ccc(Oc3ccc(NC(C)=O)cc3OC)cc1)CC2. The number of aliphatic hydroxyl groups excluding tert-OH is 1. The van der Waals surface area contributed by atoms with Gasteiger partial charge in [0.25, 0.3) is 0 Å². The first kappa shape index (κ1) is 31.5. The van der Waals surface area contributed by atoms with Crippen molar-refractivity contribution in [3.8, 4) is 17.2 Å². The molecule has 2 atom stereocenters. The van der Waals surface area contributed by atoms with Crippen molar-refractivity contribution < 1.29 is 29.0 Å². The Kier molecular flexibility index (Phi) is 9.90. The molecular weight excluding hydrogens is 560 g/mol. The number of carbonyl (C=O) groups excluding carboxylic acids is 3. The van der Waals surface area contributed by atoms with Crippen LogP contribution >= 0.6 is 0 Å². The summed E-state index contributed by atoms with van der Waals surface area (Å²) in [6.45, 7) is 6.13. The Morgan fingerprint density at radius 3 is 2.43 bits per heavy atom. The lowest BCUT2D eigenvalue weighted by Crippen LogP contribution is -2.75. The molecule has 5 rings (SSSR count). The van der Waals surface area contributed by atoms with Gasteiger partial charge in [-0.1, -0.05) is 37.6 Å². The molecule has 0 aromatic heterocycles. The summed E-state index contributed by atoms with van der Waals surface area (Å²) in [5, 5.41) is 16.7. The van der Waals surface area contributed by atoms with Gasteiger partial charge in [-0.3, -0.25) is 19.3 Å². The summed E-state index contributed by atoms with van der Waals surface area (Å²) in [6.07, 6.45) is 7.46. The van der Waals surface area contributed by atoms with Gasteiger partial charge in [0, 0.05) is 44.9 Å². The van der Waals surface area contributed by atoms with Crippen LogP contribution in [0.4, 0.5) is 5.69 Å². The van der Waals surface area contributed by atoms with Gasteiger partial charge in [-0.25, -0.2) is 0 Å². The first-order valence-electron chi connectivity index (χ1n) is 15.6. The fourth-order valence-corrected chi connectivity index (χ4v) is 6.56. The third kappa shape index (κ3) is 6.76. The molecule has 2 aromatic rings. The molecule has 2 fully saturated rings. The number of piperazine rings is 1. The zero-order chi connectivity index (χ0) is 31.3. The van der Waals surface area contributed by atoms with Gasteiger partial charge in [0.1, 0.15) is 17.3 Å². The van der Waals surface area contributed by atoms with Gasteiger partial charge in [0.15, 0.2) is 11.5 Å². The topological polar surface area (TPSA) is 120 Å². The Balaban J connectivity index is 1.20. The predicted octanol–water partition coefficient (Wildman–Crippen LogP) is 4.23. The van der Waals surface area contributed by atoms with Crippen LogP contribution in [-0.2, 0) is 20.9 Å². The van der Waals surface area contributed by atoms with E-state index in [2.05, 4.69) is 22.5 Å². The average molecular weight is 605 g/mol. The van der Waals surface area contributed by atoms with E-state index in [1.54, 1.807) is 30.2 Å². The number of hydrogen-bond acceptors (Lipinski definition) is 7. The number of aliphatic hydroxyl groups is 1. The maximum atomic E-state index is 13.8. The smallest absolute Gasteiger partial charge is 0.248 e. The molecule has 2 saturated heterocycles. The van der Waals surface area contributed by atoms with Gasteiger partial charge in [-0.05, 0) is 67.9 Å². The molecule has 1 aliphatic carbocycles. The number of anilines is 1. The number of benzene rings is 2. The van der Waals surface area contributed by atoms with Crippen LogP contribution in [0, 0.1) is 5.92 Å². The number of amides is 3. The van der Waals surface area contributed by atoms with Gasteiger partial charge >= 0.3 is 0 Å². The number of allylic oxidation sites excluding steroid dienone is 2. The van der Waals surface area contributed by atoms with E-state index in [0.29, 0.717) is 62.0 Å². The molecule has 1 spiro atoms. The van der Waals surface area contributed by atoms with Crippen molar-refractivity contribution in [3.05, 3.63) is 60.2 Å². The zero-order valence-corrected chi connectivity index (χ0v) is 25.9. The Morgan fingerprint density at radius 1 is 1.09 bits per heavy atom. The first-order chi connectivity index (χ1) is 21.2. The lowest BCUT2D eigenvalue weighted by molar-refractivity contribution is -0.165. The summed E-state index contributed by atoms with van der Waals surface area (Å²) >= 11 is 0. The van der Waals surface area contributed by atoms with Crippen molar-refractivity contribution in [2.45, 2.75) is 76.6 Å². The number of nitrogens with zero attached hydrogens (tertiary/aromatic N) is 2. The molecular formula is C34H44N4O6. The Labute approximate surface area is 259 Å². The number of carbonyl (C=O) groups is 3. The van der Waals surface area contributed by atoms with Crippen molar-refractivity contribution in [2.75, 3.05) is 32.1 Å². The minimum absolute atomic E-state index is 0.0393. The fraction of sp³-hybridized carbons (Fsp3) is 0.500. The van der Waals surface area contributed by atoms with Crippen LogP contribution < -0.4 is 20.1 Å². The van der Waals surface area contributed by atoms with Crippen molar-refractivity contribution in [1.82, 2.24) is 15.1 Å². The van der Waals surface area contributed by atoms with Gasteiger partial charge in [0.2, 0.25) is 17.7 Å². The lowest BCUT2D eigenvalue weighted by atomic mass is 9.79. The molecule has 3 amide bonds. The van der Waals surface area contributed by atoms with E-state index < -0.39 is 17.7 Å². The minimum Gasteiger partial charge on any atom is -0.493 e. The molecule has 2 aromatic carbocycles. The molecule has 0 radical (unpaired) electrons. The number of methoxy groups -OCH3 is 1. The van der Waals surface area contributed by atoms with Crippen LogP contribution in [0.2, 0.25) is 0 Å². The Hall–Kier alpha value is -3.89. The number of piperidine rings is 1. The second-order valence-electron chi connectivity index (χ2n) is 12.1. The number of hydrogen-bond donors (Lipinski definition) is 3. The predicted molar refractivity (Wildman–Crippen MR) is 167 cm³/mol. The molecule has 10 heteroatoms. The maximum Gasteiger partial charge on any atom is 0.248 e. The quantitative estimate of drug-likeness (QED) is 0.328. The van der Waals surface area contributed by atoms with Crippen LogP contribution in [0.15, 0.2) is 54.6 Å². The second kappa shape index (κ2) is 13.8. The summed E-state index contributed by atoms with van der Waals surface area (Å²) in [7, 11) is 1.55. The molecule has 3 aliphatic rings. The molecule has 2 heterocycles. The summed E-state index contributed by atoms with van der Waals surface area (Å²) in [4.78, 5) is 42.9. The third-order valence-corrected chi connectivity index (χ3v) is 9.09. The van der Waals surface area contributed by atoms with E-state index in [1.807, 2.05) is 36.4 Å². The number of rotatable bonds is 11. The van der Waals surface area contributed by atoms with Crippen LogP contribution in [0.25, 0.3) is 0 Å². The lowest BCUT2D eigenvalue weighted by Gasteiger charge is -2.52. The van der Waals surface area contributed by atoms with Crippen LogP contribution in [0.5, 0.6) is 17.2 Å². The maximum absolute atomic E-state index is 13.8. The van der Waals surface area contributed by atoms with Crippen LogP contribution in [-0.4, -0.2) is 77.1 Å². The molecule has 0 saturated carbocycles. The third-order valence-electron chi connectivity index (χ3n) is 9.09. The van der Waals surface area contributed by atoms with E-state index >= 15 is 0 Å². The molecule has 3 N–H and O–H groups in total. The highest BCUT2D eigenvalue weighted by Gasteiger charge is 2.55. The molecule has 10 nitrogen and oxygen atoms in total. The summed E-state index contributed by atoms with van der Waals surface area (Å²) < 4.78 is 11.5. The largest absolute Gasteiger partial charge is 0.493 e. The van der Waals surface area contributed by atoms with E-state index in [-0.39, 0.29) is 23.6 Å². The highest BCUT2D eigenvalue weighted by Crippen LogP contribution is 2.37. The van der Waals surface area contributed by atoms with Gasteiger partial charge < -0.3 is 30.1 Å². The first-order valence-corrected chi connectivity index (χ1v) is 15.6. The molecule has 0 unspecified atom stereocenters. The van der Waals surface area contributed by atoms with Gasteiger partial charge in [0.05, 0.1) is 13.2 Å². The molecule has 2 aliphatic heterocycles. The molecule has 236 valence electrons. The Bertz CT molecular complexity index is 1360. The normalized spacial score (nSPS) is 20.9. The highest BCUT2D eigenvalue weighted by molar-refractivity contribution is 6.00. The van der Waals surface area contributed by atoms with Crippen LogP contribution in [0.3, 0.4) is 0 Å². The fourth-order valence-electron chi connectivity index (χ4n) is 6.56. The van der Waals surface area contributed by atoms with E-state index in [0.717, 1.165) is 31.2 Å². The van der Waals surface area contributed by atoms with Crippen molar-refractivity contribution in [2.24, 2.45) is 5.92 Å². The number of nitrogens with one attached hydrogen (secondary N) is 2. The van der Waals surface area contributed by atoms with Gasteiger partial charge in [-0.2, -0.15) is 0 Å². The van der Waals surface area contributed by atoms with E-state index in [9.17, 15) is 19.5 Å². The van der Waals surface area contributed by atoms with Gasteiger partial charge in [-0.15, -0.1) is 0 Å². The van der Waals surface area contributed by atoms with E-state index in [4.69, 9.17) is 9.47 Å². The number of ether oxygens (including phenoxy) is 2. The average Bonchev–Trinajstić information content (AvgIpc) is 3.56. The van der Waals surface area contributed by atoms with Crippen molar-refractivity contribution in [3.63, 3.8) is 0 Å². The molecule has 44 heavy (non-hydrogen) atoms. The van der Waals surface area contributed by atoms with Crippen molar-refractivity contribution in [1.29, 1.82) is 0 Å². The standard InChI is InChI=1S/C34H44N4O6/c1-4-5-18-38-32(41)30(31(40)25-8-6-7-9-25)36-33(42)34(38)16-19-37(20-17-34)22-24-10-13-27(14-11-24)44-28-15-12-26(35-23(2)39)21-29(28)43-3/h6-7,10-15,21,25,30-31,40H,4-5,8-9,16-20,22H2,1-3H3,(H,35,39)(H,36,42)/t30-,31-/m1/s1. The van der Waals surface area contributed by atoms with Crippen LogP contribution in [0.1, 0.15) is 57.9 Å². The zero-order valence-electron chi connectivity index (χ0n) is 25.9. The molecule has 0 bridgehead atoms. The monoisotopic (exact) mass is 604 g/mol. The number of likely N-dealkylation sites (tertiary alicyclic amines) is 1. The second-order valence-corrected chi connectivity index (χ2v) is 12.1. The Morgan fingerprint density at radius 2 is 1.80 bits per heavy atom. The van der Waals surface area contributed by atoms with E-state index in [1.165, 1.54) is 6.92 Å².